The summed E-state index contributed by atoms with van der Waals surface area (Å²) in [6, 6.07) is 17.1. The van der Waals surface area contributed by atoms with Crippen molar-refractivity contribution in [2.45, 2.75) is 20.3 Å². The number of esters is 3. The molecule has 0 radical (unpaired) electrons. The molecule has 40 heavy (non-hydrogen) atoms. The van der Waals surface area contributed by atoms with Gasteiger partial charge in [0.05, 0.1) is 7.11 Å². The molecule has 3 aromatic rings. The third kappa shape index (κ3) is 8.95. The lowest BCUT2D eigenvalue weighted by molar-refractivity contribution is -0.134. The van der Waals surface area contributed by atoms with Crippen LogP contribution in [0.25, 0.3) is 22.3 Å². The molecule has 0 unspecified atom stereocenters. The summed E-state index contributed by atoms with van der Waals surface area (Å²) in [7, 11) is 1.57. The molecule has 0 saturated carbocycles. The zero-order valence-corrected chi connectivity index (χ0v) is 22.5. The molecule has 0 amide bonds. The first kappa shape index (κ1) is 31.0. The van der Waals surface area contributed by atoms with E-state index in [0.29, 0.717) is 34.5 Å². The number of methoxy groups -OCH3 is 1. The molecule has 0 aliphatic heterocycles. The average molecular weight is 543 g/mol. The molecule has 0 saturated heterocycles. The minimum atomic E-state index is -0.581. The third-order valence-electron chi connectivity index (χ3n) is 5.16. The quantitative estimate of drug-likeness (QED) is 0.127. The molecular weight excluding hydrogens is 512 g/mol. The molecule has 0 aliphatic carbocycles. The van der Waals surface area contributed by atoms with Gasteiger partial charge in [0.15, 0.2) is 0 Å². The fourth-order valence-corrected chi connectivity index (χ4v) is 3.28. The van der Waals surface area contributed by atoms with Gasteiger partial charge < -0.3 is 18.9 Å². The highest BCUT2D eigenvalue weighted by molar-refractivity contribution is 5.89. The Bertz CT molecular complexity index is 1380. The summed E-state index contributed by atoms with van der Waals surface area (Å²) < 4.78 is 21.7. The van der Waals surface area contributed by atoms with Crippen molar-refractivity contribution >= 4 is 24.2 Å². The zero-order valence-electron chi connectivity index (χ0n) is 22.5. The van der Waals surface area contributed by atoms with Crippen LogP contribution in [0.1, 0.15) is 20.3 Å². The van der Waals surface area contributed by atoms with Gasteiger partial charge in [0.2, 0.25) is 0 Å². The summed E-state index contributed by atoms with van der Waals surface area (Å²) in [5.41, 5.74) is 2.44. The largest absolute Gasteiger partial charge is 0.497 e. The SMILES string of the molecule is C=CC(=O)Oc1ccc(-c2cc(OC(=O)/C=C/C)c(-c3ccc(OC)cc3)cc2OC(=O)CC)cc1.C=CC=O. The van der Waals surface area contributed by atoms with Gasteiger partial charge in [-0.05, 0) is 60.5 Å². The Balaban J connectivity index is 0.00000131. The van der Waals surface area contributed by atoms with Crippen LogP contribution in [0.5, 0.6) is 23.0 Å². The molecule has 0 bridgehead atoms. The first-order chi connectivity index (χ1) is 19.3. The third-order valence-corrected chi connectivity index (χ3v) is 5.16. The van der Waals surface area contributed by atoms with E-state index in [-0.39, 0.29) is 17.9 Å². The second-order valence-corrected chi connectivity index (χ2v) is 7.84. The summed E-state index contributed by atoms with van der Waals surface area (Å²) >= 11 is 0. The zero-order chi connectivity index (χ0) is 29.5. The second-order valence-electron chi connectivity index (χ2n) is 7.84. The first-order valence-electron chi connectivity index (χ1n) is 12.2. The molecule has 206 valence electrons. The monoisotopic (exact) mass is 542 g/mol. The maximum Gasteiger partial charge on any atom is 0.335 e. The highest BCUT2D eigenvalue weighted by atomic mass is 16.5. The van der Waals surface area contributed by atoms with Crippen molar-refractivity contribution in [3.63, 3.8) is 0 Å². The van der Waals surface area contributed by atoms with Crippen molar-refractivity contribution in [2.24, 2.45) is 0 Å². The predicted octanol–water partition coefficient (Wildman–Crippen LogP) is 6.29. The number of hydrogen-bond acceptors (Lipinski definition) is 8. The molecule has 0 aliphatic rings. The molecule has 8 heteroatoms. The van der Waals surface area contributed by atoms with Gasteiger partial charge in [-0.15, -0.1) is 0 Å². The summed E-state index contributed by atoms with van der Waals surface area (Å²) in [6.45, 7) is 9.90. The number of carbonyl (C=O) groups is 4. The lowest BCUT2D eigenvalue weighted by Crippen LogP contribution is -2.09. The molecular formula is C32H30O8. The van der Waals surface area contributed by atoms with Crippen LogP contribution >= 0.6 is 0 Å². The van der Waals surface area contributed by atoms with Crippen molar-refractivity contribution in [1.29, 1.82) is 0 Å². The van der Waals surface area contributed by atoms with Gasteiger partial charge in [-0.3, -0.25) is 9.59 Å². The summed E-state index contributed by atoms with van der Waals surface area (Å²) in [5.74, 6) is -0.00762. The lowest BCUT2D eigenvalue weighted by Gasteiger charge is -2.17. The Morgan fingerprint density at radius 2 is 1.27 bits per heavy atom. The Labute approximate surface area is 233 Å². The van der Waals surface area contributed by atoms with Crippen LogP contribution in [0.4, 0.5) is 0 Å². The van der Waals surface area contributed by atoms with Crippen LogP contribution < -0.4 is 18.9 Å². The summed E-state index contributed by atoms with van der Waals surface area (Å²) in [4.78, 5) is 45.2. The Morgan fingerprint density at radius 3 is 1.70 bits per heavy atom. The number of hydrogen-bond donors (Lipinski definition) is 0. The van der Waals surface area contributed by atoms with Gasteiger partial charge >= 0.3 is 17.9 Å². The Morgan fingerprint density at radius 1 is 0.775 bits per heavy atom. The van der Waals surface area contributed by atoms with Crippen molar-refractivity contribution in [1.82, 2.24) is 0 Å². The number of aldehydes is 1. The van der Waals surface area contributed by atoms with Gasteiger partial charge in [-0.1, -0.05) is 50.4 Å². The molecule has 0 aromatic heterocycles. The minimum absolute atomic E-state index is 0.172. The van der Waals surface area contributed by atoms with Crippen LogP contribution in [0.3, 0.4) is 0 Å². The second kappa shape index (κ2) is 15.9. The molecule has 0 fully saturated rings. The normalized spacial score (nSPS) is 9.97. The molecule has 0 atom stereocenters. The van der Waals surface area contributed by atoms with Crippen LogP contribution in [0.15, 0.2) is 98.1 Å². The van der Waals surface area contributed by atoms with Crippen molar-refractivity contribution in [3.8, 4) is 45.3 Å². The van der Waals surface area contributed by atoms with Crippen LogP contribution in [-0.2, 0) is 19.2 Å². The highest BCUT2D eigenvalue weighted by Crippen LogP contribution is 2.42. The molecule has 8 nitrogen and oxygen atoms in total. The number of benzene rings is 3. The molecule has 0 heterocycles. The van der Waals surface area contributed by atoms with E-state index in [1.54, 1.807) is 75.6 Å². The van der Waals surface area contributed by atoms with Crippen LogP contribution in [-0.4, -0.2) is 31.3 Å². The lowest BCUT2D eigenvalue weighted by atomic mass is 9.97. The predicted molar refractivity (Wildman–Crippen MR) is 152 cm³/mol. The number of ether oxygens (including phenoxy) is 4. The smallest absolute Gasteiger partial charge is 0.335 e. The minimum Gasteiger partial charge on any atom is -0.497 e. The maximum atomic E-state index is 12.4. The fraction of sp³-hybridized carbons (Fsp3) is 0.125. The van der Waals surface area contributed by atoms with Gasteiger partial charge in [0.25, 0.3) is 0 Å². The van der Waals surface area contributed by atoms with E-state index in [4.69, 9.17) is 23.7 Å². The Hall–Kier alpha value is -5.24. The van der Waals surface area contributed by atoms with Crippen molar-refractivity contribution in [3.05, 3.63) is 98.1 Å². The van der Waals surface area contributed by atoms with Gasteiger partial charge in [-0.2, -0.15) is 0 Å². The maximum absolute atomic E-state index is 12.4. The van der Waals surface area contributed by atoms with E-state index in [1.165, 1.54) is 12.2 Å². The van der Waals surface area contributed by atoms with Crippen LogP contribution in [0, 0.1) is 0 Å². The first-order valence-corrected chi connectivity index (χ1v) is 12.2. The van der Waals surface area contributed by atoms with E-state index in [0.717, 1.165) is 11.6 Å². The van der Waals surface area contributed by atoms with E-state index in [1.807, 2.05) is 12.1 Å². The molecule has 3 aromatic carbocycles. The molecule has 3 rings (SSSR count). The summed E-state index contributed by atoms with van der Waals surface area (Å²) in [6.07, 6.45) is 5.97. The summed E-state index contributed by atoms with van der Waals surface area (Å²) in [5, 5.41) is 0. The number of rotatable bonds is 10. The Kier molecular flexibility index (Phi) is 12.3. The fourth-order valence-electron chi connectivity index (χ4n) is 3.28. The number of allylic oxidation sites excluding steroid dienone is 2. The van der Waals surface area contributed by atoms with Crippen LogP contribution in [0.2, 0.25) is 0 Å². The average Bonchev–Trinajstić information content (AvgIpc) is 2.98. The van der Waals surface area contributed by atoms with Crippen molar-refractivity contribution in [2.75, 3.05) is 7.11 Å². The van der Waals surface area contributed by atoms with Gasteiger partial charge in [0.1, 0.15) is 29.3 Å². The van der Waals surface area contributed by atoms with E-state index in [9.17, 15) is 14.4 Å². The number of carbonyl (C=O) groups excluding carboxylic acids is 4. The van der Waals surface area contributed by atoms with E-state index >= 15 is 0 Å². The molecule has 0 N–H and O–H groups in total. The van der Waals surface area contributed by atoms with E-state index < -0.39 is 17.9 Å². The highest BCUT2D eigenvalue weighted by Gasteiger charge is 2.19. The van der Waals surface area contributed by atoms with E-state index in [2.05, 4.69) is 13.2 Å². The molecule has 0 spiro atoms. The van der Waals surface area contributed by atoms with Gasteiger partial charge in [-0.25, -0.2) is 9.59 Å². The standard InChI is InChI=1S/C29H26O7.C3H4O/c1-5-8-29(32)36-26-18-23(20-11-15-22(16-12-20)34-27(30)6-2)25(35-28(31)7-3)17-24(26)19-9-13-21(33-4)14-10-19;1-2-3-4/h5-6,8-18H,2,7H2,1,3-4H3;2-3H,1H2/b8-5+;. The van der Waals surface area contributed by atoms with Crippen molar-refractivity contribution < 1.29 is 38.1 Å². The van der Waals surface area contributed by atoms with Gasteiger partial charge in [0, 0.05) is 29.7 Å². The topological polar surface area (TPSA) is 105 Å².